The molecule has 0 aromatic rings. The van der Waals surface area contributed by atoms with Gasteiger partial charge in [0, 0.05) is 19.5 Å². The summed E-state index contributed by atoms with van der Waals surface area (Å²) in [6, 6.07) is 0. The van der Waals surface area contributed by atoms with E-state index in [0.717, 1.165) is 6.26 Å². The minimum Gasteiger partial charge on any atom is -0.444 e. The number of hydrogen-bond acceptors (Lipinski definition) is 5. The largest absolute Gasteiger partial charge is 0.444 e. The van der Waals surface area contributed by atoms with Crippen LogP contribution in [0, 0.1) is 5.92 Å². The van der Waals surface area contributed by atoms with Gasteiger partial charge in [-0.1, -0.05) is 6.58 Å². The Bertz CT molecular complexity index is 396. The van der Waals surface area contributed by atoms with Crippen LogP contribution in [0.15, 0.2) is 12.8 Å². The quantitative estimate of drug-likeness (QED) is 0.431. The topological polar surface area (TPSA) is 72.9 Å². The van der Waals surface area contributed by atoms with Crippen LogP contribution in [0.4, 0.5) is 4.79 Å². The number of hydrogen-bond donors (Lipinski definition) is 0. The van der Waals surface area contributed by atoms with Crippen LogP contribution >= 0.6 is 0 Å². The molecule has 1 atom stereocenters. The van der Waals surface area contributed by atoms with Crippen molar-refractivity contribution in [2.24, 2.45) is 5.92 Å². The fourth-order valence-electron chi connectivity index (χ4n) is 1.70. The molecule has 1 aliphatic rings. The van der Waals surface area contributed by atoms with E-state index in [-0.39, 0.29) is 25.3 Å². The van der Waals surface area contributed by atoms with Crippen molar-refractivity contribution in [3.8, 4) is 0 Å². The van der Waals surface area contributed by atoms with E-state index in [9.17, 15) is 14.4 Å². The molecule has 1 saturated heterocycles. The van der Waals surface area contributed by atoms with Gasteiger partial charge < -0.3 is 14.4 Å². The molecular weight excluding hydrogens is 250 g/mol. The number of ketones is 1. The third kappa shape index (κ3) is 4.39. The van der Waals surface area contributed by atoms with Crippen LogP contribution in [0.2, 0.25) is 0 Å². The van der Waals surface area contributed by atoms with Crippen LogP contribution in [0.25, 0.3) is 0 Å². The first-order valence-electron chi connectivity index (χ1n) is 6.06. The zero-order valence-corrected chi connectivity index (χ0v) is 11.5. The molecule has 0 aromatic carbocycles. The van der Waals surface area contributed by atoms with Gasteiger partial charge in [0.25, 0.3) is 0 Å². The van der Waals surface area contributed by atoms with Crippen molar-refractivity contribution in [3.05, 3.63) is 12.8 Å². The summed E-state index contributed by atoms with van der Waals surface area (Å²) in [5.41, 5.74) is -0.615. The Morgan fingerprint density at radius 1 is 1.42 bits per heavy atom. The third-order valence-electron chi connectivity index (χ3n) is 2.56. The lowest BCUT2D eigenvalue weighted by Crippen LogP contribution is -2.48. The van der Waals surface area contributed by atoms with Gasteiger partial charge in [0.15, 0.2) is 5.78 Å². The Kier molecular flexibility index (Phi) is 4.69. The van der Waals surface area contributed by atoms with Crippen LogP contribution in [-0.2, 0) is 19.1 Å². The maximum Gasteiger partial charge on any atom is 0.410 e. The SMILES string of the molecule is C=COC(=O)C1CN(C(=O)OC(C)(C)C)CCC1=O. The number of likely N-dealkylation sites (tertiary alicyclic amines) is 1. The Morgan fingerprint density at radius 2 is 2.05 bits per heavy atom. The highest BCUT2D eigenvalue weighted by atomic mass is 16.6. The normalized spacial score (nSPS) is 19.8. The Labute approximate surface area is 112 Å². The van der Waals surface area contributed by atoms with Gasteiger partial charge in [0.2, 0.25) is 0 Å². The van der Waals surface area contributed by atoms with Gasteiger partial charge in [-0.25, -0.2) is 4.79 Å². The molecular formula is C13H19NO5. The number of nitrogens with zero attached hydrogens (tertiary/aromatic N) is 1. The van der Waals surface area contributed by atoms with E-state index < -0.39 is 23.6 Å². The molecule has 0 aromatic heterocycles. The summed E-state index contributed by atoms with van der Waals surface area (Å²) >= 11 is 0. The first-order chi connectivity index (χ1) is 8.74. The van der Waals surface area contributed by atoms with Crippen molar-refractivity contribution in [1.29, 1.82) is 0 Å². The molecule has 1 fully saturated rings. The van der Waals surface area contributed by atoms with Crippen molar-refractivity contribution < 1.29 is 23.9 Å². The molecule has 1 amide bonds. The average Bonchev–Trinajstić information content (AvgIpc) is 2.27. The van der Waals surface area contributed by atoms with E-state index in [1.54, 1.807) is 20.8 Å². The number of ether oxygens (including phenoxy) is 2. The minimum absolute atomic E-state index is 0.0135. The van der Waals surface area contributed by atoms with E-state index in [2.05, 4.69) is 11.3 Å². The van der Waals surface area contributed by atoms with E-state index in [4.69, 9.17) is 4.74 Å². The summed E-state index contributed by atoms with van der Waals surface area (Å²) < 4.78 is 9.81. The highest BCUT2D eigenvalue weighted by Gasteiger charge is 2.37. The van der Waals surface area contributed by atoms with Crippen molar-refractivity contribution in [2.75, 3.05) is 13.1 Å². The fraction of sp³-hybridized carbons (Fsp3) is 0.615. The molecule has 1 rings (SSSR count). The monoisotopic (exact) mass is 269 g/mol. The lowest BCUT2D eigenvalue weighted by molar-refractivity contribution is -0.149. The Hall–Kier alpha value is -1.85. The van der Waals surface area contributed by atoms with Gasteiger partial charge in [-0.3, -0.25) is 9.59 Å². The lowest BCUT2D eigenvalue weighted by atomic mass is 9.97. The molecule has 6 nitrogen and oxygen atoms in total. The molecule has 106 valence electrons. The van der Waals surface area contributed by atoms with Gasteiger partial charge in [-0.15, -0.1) is 0 Å². The second-order valence-electron chi connectivity index (χ2n) is 5.30. The summed E-state index contributed by atoms with van der Waals surface area (Å²) in [5.74, 6) is -1.88. The van der Waals surface area contributed by atoms with Crippen LogP contribution < -0.4 is 0 Å². The summed E-state index contributed by atoms with van der Waals surface area (Å²) in [7, 11) is 0. The Morgan fingerprint density at radius 3 is 2.58 bits per heavy atom. The van der Waals surface area contributed by atoms with Crippen LogP contribution in [0.3, 0.4) is 0 Å². The van der Waals surface area contributed by atoms with Gasteiger partial charge >= 0.3 is 12.1 Å². The summed E-state index contributed by atoms with van der Waals surface area (Å²) in [5, 5.41) is 0. The molecule has 0 aliphatic carbocycles. The predicted molar refractivity (Wildman–Crippen MR) is 67.2 cm³/mol. The first-order valence-corrected chi connectivity index (χ1v) is 6.06. The molecule has 0 saturated carbocycles. The van der Waals surface area contributed by atoms with E-state index in [0.29, 0.717) is 0 Å². The number of piperidine rings is 1. The van der Waals surface area contributed by atoms with Gasteiger partial charge in [0.1, 0.15) is 11.5 Å². The van der Waals surface area contributed by atoms with Crippen molar-refractivity contribution in [1.82, 2.24) is 4.90 Å². The first kappa shape index (κ1) is 15.2. The summed E-state index contributed by atoms with van der Waals surface area (Å²) in [4.78, 5) is 36.4. The van der Waals surface area contributed by atoms with Gasteiger partial charge in [0.05, 0.1) is 6.26 Å². The highest BCUT2D eigenvalue weighted by Crippen LogP contribution is 2.18. The summed E-state index contributed by atoms with van der Waals surface area (Å²) in [6.45, 7) is 8.77. The molecule has 0 N–H and O–H groups in total. The minimum atomic E-state index is -0.959. The maximum atomic E-state index is 11.9. The Balaban J connectivity index is 2.69. The number of rotatable bonds is 2. The van der Waals surface area contributed by atoms with Gasteiger partial charge in [-0.2, -0.15) is 0 Å². The predicted octanol–water partition coefficient (Wildman–Crippen LogP) is 1.50. The smallest absolute Gasteiger partial charge is 0.410 e. The molecule has 0 bridgehead atoms. The number of Topliss-reactive ketones (excluding diaryl/α,β-unsaturated/α-hetero) is 1. The van der Waals surface area contributed by atoms with Crippen LogP contribution in [0.5, 0.6) is 0 Å². The zero-order valence-electron chi connectivity index (χ0n) is 11.5. The number of carbonyl (C=O) groups is 3. The molecule has 1 aliphatic heterocycles. The van der Waals surface area contributed by atoms with Crippen molar-refractivity contribution >= 4 is 17.8 Å². The lowest BCUT2D eigenvalue weighted by Gasteiger charge is -2.32. The molecule has 0 radical (unpaired) electrons. The second-order valence-corrected chi connectivity index (χ2v) is 5.30. The molecule has 6 heteroatoms. The van der Waals surface area contributed by atoms with E-state index in [1.807, 2.05) is 0 Å². The van der Waals surface area contributed by atoms with Crippen molar-refractivity contribution in [3.63, 3.8) is 0 Å². The maximum absolute atomic E-state index is 11.9. The van der Waals surface area contributed by atoms with E-state index in [1.165, 1.54) is 4.90 Å². The van der Waals surface area contributed by atoms with E-state index >= 15 is 0 Å². The highest BCUT2D eigenvalue weighted by molar-refractivity contribution is 6.00. The van der Waals surface area contributed by atoms with Gasteiger partial charge in [-0.05, 0) is 20.8 Å². The second kappa shape index (κ2) is 5.86. The molecule has 1 heterocycles. The average molecular weight is 269 g/mol. The molecule has 0 spiro atoms. The third-order valence-corrected chi connectivity index (χ3v) is 2.56. The number of amides is 1. The standard InChI is InChI=1S/C13H19NO5/c1-5-18-11(16)9-8-14(7-6-10(9)15)12(17)19-13(2,3)4/h5,9H,1,6-8H2,2-4H3. The zero-order chi connectivity index (χ0) is 14.6. The van der Waals surface area contributed by atoms with Crippen LogP contribution in [-0.4, -0.2) is 41.4 Å². The van der Waals surface area contributed by atoms with Crippen LogP contribution in [0.1, 0.15) is 27.2 Å². The summed E-state index contributed by atoms with van der Waals surface area (Å²) in [6.07, 6.45) is 0.564. The molecule has 19 heavy (non-hydrogen) atoms. The number of carbonyl (C=O) groups excluding carboxylic acids is 3. The number of esters is 1. The fourth-order valence-corrected chi connectivity index (χ4v) is 1.70. The molecule has 1 unspecified atom stereocenters. The van der Waals surface area contributed by atoms with Crippen molar-refractivity contribution in [2.45, 2.75) is 32.8 Å².